The second-order valence-electron chi connectivity index (χ2n) is 4.09. The fraction of sp³-hybridized carbons (Fsp3) is 0.333. The first-order chi connectivity index (χ1) is 9.00. The van der Waals surface area contributed by atoms with Crippen LogP contribution in [-0.2, 0) is 12.6 Å². The molecule has 0 aromatic carbocycles. The Morgan fingerprint density at radius 1 is 1.21 bits per heavy atom. The van der Waals surface area contributed by atoms with Gasteiger partial charge in [0.2, 0.25) is 0 Å². The van der Waals surface area contributed by atoms with Gasteiger partial charge in [0.15, 0.2) is 5.82 Å². The minimum absolute atomic E-state index is 0.354. The van der Waals surface area contributed by atoms with Crippen LogP contribution in [0.4, 0.5) is 13.2 Å². The number of halogens is 3. The monoisotopic (exact) mass is 270 g/mol. The Kier molecular flexibility index (Phi) is 3.84. The maximum atomic E-state index is 12.4. The van der Waals surface area contributed by atoms with Gasteiger partial charge in [0.25, 0.3) is 0 Å². The first-order valence-electron chi connectivity index (χ1n) is 5.78. The number of hydrogen-bond donors (Lipinski definition) is 1. The lowest BCUT2D eigenvalue weighted by Gasteiger charge is -2.06. The minimum atomic E-state index is -4.37. The van der Waals surface area contributed by atoms with Gasteiger partial charge in [0.1, 0.15) is 0 Å². The molecule has 0 atom stereocenters. The number of pyridine rings is 1. The van der Waals surface area contributed by atoms with Gasteiger partial charge in [0.05, 0.1) is 11.8 Å². The highest BCUT2D eigenvalue weighted by Crippen LogP contribution is 2.28. The van der Waals surface area contributed by atoms with Gasteiger partial charge < -0.3 is 5.73 Å². The predicted molar refractivity (Wildman–Crippen MR) is 63.7 cm³/mol. The van der Waals surface area contributed by atoms with Crippen molar-refractivity contribution in [3.8, 4) is 5.82 Å². The van der Waals surface area contributed by atoms with Crippen molar-refractivity contribution in [3.05, 3.63) is 41.9 Å². The third kappa shape index (κ3) is 3.31. The van der Waals surface area contributed by atoms with Crippen molar-refractivity contribution < 1.29 is 13.2 Å². The lowest BCUT2D eigenvalue weighted by molar-refractivity contribution is -0.137. The van der Waals surface area contributed by atoms with Gasteiger partial charge in [-0.3, -0.25) is 0 Å². The zero-order chi connectivity index (χ0) is 13.9. The molecule has 4 nitrogen and oxygen atoms in total. The molecule has 2 aromatic rings. The molecule has 102 valence electrons. The van der Waals surface area contributed by atoms with E-state index in [0.717, 1.165) is 30.7 Å². The zero-order valence-corrected chi connectivity index (χ0v) is 10.1. The summed E-state index contributed by atoms with van der Waals surface area (Å²) in [4.78, 5) is 3.76. The molecule has 0 saturated carbocycles. The van der Waals surface area contributed by atoms with E-state index < -0.39 is 11.7 Å². The van der Waals surface area contributed by atoms with Crippen molar-refractivity contribution in [1.29, 1.82) is 0 Å². The Bertz CT molecular complexity index is 531. The number of nitrogens with zero attached hydrogens (tertiary/aromatic N) is 3. The third-order valence-electron chi connectivity index (χ3n) is 2.62. The predicted octanol–water partition coefficient (Wildman–Crippen LogP) is 2.18. The number of hydrogen-bond acceptors (Lipinski definition) is 3. The van der Waals surface area contributed by atoms with E-state index >= 15 is 0 Å². The smallest absolute Gasteiger partial charge is 0.330 e. The van der Waals surface area contributed by atoms with Gasteiger partial charge >= 0.3 is 6.18 Å². The number of rotatable bonds is 4. The zero-order valence-electron chi connectivity index (χ0n) is 10.1. The van der Waals surface area contributed by atoms with Gasteiger partial charge in [-0.15, -0.1) is 0 Å². The van der Waals surface area contributed by atoms with Gasteiger partial charge in [-0.25, -0.2) is 9.67 Å². The van der Waals surface area contributed by atoms with Crippen LogP contribution in [-0.4, -0.2) is 21.3 Å². The van der Waals surface area contributed by atoms with Crippen LogP contribution in [0.1, 0.15) is 17.5 Å². The summed E-state index contributed by atoms with van der Waals surface area (Å²) in [6.45, 7) is 0.587. The topological polar surface area (TPSA) is 56.7 Å². The second-order valence-corrected chi connectivity index (χ2v) is 4.09. The molecule has 0 aliphatic carbocycles. The quantitative estimate of drug-likeness (QED) is 0.926. The molecule has 0 fully saturated rings. The molecule has 2 rings (SSSR count). The summed E-state index contributed by atoms with van der Waals surface area (Å²) in [5.74, 6) is 0.354. The lowest BCUT2D eigenvalue weighted by atomic mass is 10.2. The Morgan fingerprint density at radius 2 is 2.00 bits per heavy atom. The Balaban J connectivity index is 2.16. The molecule has 0 bridgehead atoms. The van der Waals surface area contributed by atoms with Crippen molar-refractivity contribution in [2.75, 3.05) is 6.54 Å². The summed E-state index contributed by atoms with van der Waals surface area (Å²) < 4.78 is 38.6. The summed E-state index contributed by atoms with van der Waals surface area (Å²) in [5.41, 5.74) is 5.61. The molecule has 19 heavy (non-hydrogen) atoms. The molecule has 0 aliphatic rings. The average Bonchev–Trinajstić information content (AvgIpc) is 2.84. The second kappa shape index (κ2) is 5.40. The minimum Gasteiger partial charge on any atom is -0.330 e. The highest BCUT2D eigenvalue weighted by molar-refractivity contribution is 5.27. The highest BCUT2D eigenvalue weighted by atomic mass is 19.4. The molecular weight excluding hydrogens is 257 g/mol. The van der Waals surface area contributed by atoms with Crippen molar-refractivity contribution in [2.45, 2.75) is 19.0 Å². The number of aromatic nitrogens is 3. The molecule has 0 saturated heterocycles. The Hall–Kier alpha value is -1.89. The molecule has 0 amide bonds. The van der Waals surface area contributed by atoms with Crippen LogP contribution in [0.3, 0.4) is 0 Å². The summed E-state index contributed by atoms with van der Waals surface area (Å²) in [6, 6.07) is 2.28. The van der Waals surface area contributed by atoms with Crippen LogP contribution >= 0.6 is 0 Å². The molecule has 0 aliphatic heterocycles. The molecular formula is C12H13F3N4. The van der Waals surface area contributed by atoms with Crippen LogP contribution in [0.2, 0.25) is 0 Å². The van der Waals surface area contributed by atoms with Crippen LogP contribution in [0, 0.1) is 0 Å². The summed E-state index contributed by atoms with van der Waals surface area (Å²) >= 11 is 0. The van der Waals surface area contributed by atoms with Crippen molar-refractivity contribution >= 4 is 0 Å². The lowest BCUT2D eigenvalue weighted by Crippen LogP contribution is -2.06. The molecule has 0 spiro atoms. The molecule has 2 N–H and O–H groups in total. The summed E-state index contributed by atoms with van der Waals surface area (Å²) in [7, 11) is 0. The molecule has 2 heterocycles. The van der Waals surface area contributed by atoms with Gasteiger partial charge in [-0.05, 0) is 37.1 Å². The largest absolute Gasteiger partial charge is 0.417 e. The van der Waals surface area contributed by atoms with Gasteiger partial charge in [-0.1, -0.05) is 0 Å². The highest BCUT2D eigenvalue weighted by Gasteiger charge is 2.30. The third-order valence-corrected chi connectivity index (χ3v) is 2.62. The maximum Gasteiger partial charge on any atom is 0.417 e. The van der Waals surface area contributed by atoms with E-state index in [1.54, 1.807) is 12.4 Å². The van der Waals surface area contributed by atoms with E-state index in [2.05, 4.69) is 10.1 Å². The maximum absolute atomic E-state index is 12.4. The molecule has 7 heteroatoms. The molecule has 0 radical (unpaired) electrons. The standard InChI is InChI=1S/C12H13F3N4/c13-12(14,15)10-3-4-11(17-7-10)19-8-9(6-18-19)2-1-5-16/h3-4,6-8H,1-2,5,16H2. The Labute approximate surface area is 108 Å². The van der Waals surface area contributed by atoms with E-state index in [9.17, 15) is 13.2 Å². The first-order valence-corrected chi connectivity index (χ1v) is 5.78. The van der Waals surface area contributed by atoms with Crippen LogP contribution < -0.4 is 5.73 Å². The van der Waals surface area contributed by atoms with Crippen LogP contribution in [0.25, 0.3) is 5.82 Å². The molecule has 2 aromatic heterocycles. The van der Waals surface area contributed by atoms with E-state index in [1.807, 2.05) is 0 Å². The van der Waals surface area contributed by atoms with E-state index in [4.69, 9.17) is 5.73 Å². The van der Waals surface area contributed by atoms with E-state index in [-0.39, 0.29) is 0 Å². The number of alkyl halides is 3. The average molecular weight is 270 g/mol. The van der Waals surface area contributed by atoms with Crippen molar-refractivity contribution in [2.24, 2.45) is 5.73 Å². The van der Waals surface area contributed by atoms with E-state index in [1.165, 1.54) is 10.7 Å². The Morgan fingerprint density at radius 3 is 2.58 bits per heavy atom. The molecule has 0 unspecified atom stereocenters. The van der Waals surface area contributed by atoms with Crippen molar-refractivity contribution in [1.82, 2.24) is 14.8 Å². The summed E-state index contributed by atoms with van der Waals surface area (Å²) in [6.07, 6.45) is 1.46. The van der Waals surface area contributed by atoms with Gasteiger partial charge in [-0.2, -0.15) is 18.3 Å². The number of nitrogens with two attached hydrogens (primary N) is 1. The van der Waals surface area contributed by atoms with Gasteiger partial charge in [0, 0.05) is 12.4 Å². The van der Waals surface area contributed by atoms with E-state index in [0.29, 0.717) is 12.4 Å². The number of aryl methyl sites for hydroxylation is 1. The SMILES string of the molecule is NCCCc1cnn(-c2ccc(C(F)(F)F)cn2)c1. The normalized spacial score (nSPS) is 11.8. The van der Waals surface area contributed by atoms with Crippen LogP contribution in [0.15, 0.2) is 30.7 Å². The first kappa shape index (κ1) is 13.5. The van der Waals surface area contributed by atoms with Crippen LogP contribution in [0.5, 0.6) is 0 Å². The fourth-order valence-electron chi connectivity index (χ4n) is 1.61. The summed E-state index contributed by atoms with van der Waals surface area (Å²) in [5, 5.41) is 4.06. The fourth-order valence-corrected chi connectivity index (χ4v) is 1.61. The van der Waals surface area contributed by atoms with Crippen molar-refractivity contribution in [3.63, 3.8) is 0 Å².